The van der Waals surface area contributed by atoms with Gasteiger partial charge < -0.3 is 22.8 Å². The zero-order chi connectivity index (χ0) is 27.8. The van der Waals surface area contributed by atoms with E-state index in [2.05, 4.69) is 9.80 Å². The van der Waals surface area contributed by atoms with Crippen LogP contribution in [0.4, 0.5) is 0 Å². The molecule has 0 saturated carbocycles. The fourth-order valence-corrected chi connectivity index (χ4v) is 7.83. The molecule has 0 aliphatic carbocycles. The second-order valence-electron chi connectivity index (χ2n) is 8.09. The van der Waals surface area contributed by atoms with E-state index in [1.165, 1.54) is 11.4 Å². The molecule has 0 aromatic carbocycles. The lowest BCUT2D eigenvalue weighted by Gasteiger charge is -2.32. The lowest BCUT2D eigenvalue weighted by atomic mass is 10.3. The molecule has 0 atom stereocenters. The second kappa shape index (κ2) is 23.6. The average molecular weight is 559 g/mol. The van der Waals surface area contributed by atoms with Crippen molar-refractivity contribution in [2.45, 2.75) is 59.9 Å². The van der Waals surface area contributed by atoms with E-state index in [4.69, 9.17) is 22.8 Å². The van der Waals surface area contributed by atoms with E-state index in [-0.39, 0.29) is 0 Å². The van der Waals surface area contributed by atoms with E-state index in [1.807, 2.05) is 40.6 Å². The van der Waals surface area contributed by atoms with Gasteiger partial charge in [0.05, 0.1) is 20.1 Å². The van der Waals surface area contributed by atoms with Crippen molar-refractivity contribution in [3.05, 3.63) is 16.6 Å². The molecule has 12 heteroatoms. The Bertz CT molecular complexity index is 703. The molecule has 0 radical (unpaired) electrons. The molecule has 212 valence electrons. The summed E-state index contributed by atoms with van der Waals surface area (Å²) in [5, 5.41) is 0.457. The van der Waals surface area contributed by atoms with Gasteiger partial charge in [-0.3, -0.25) is 9.80 Å². The third-order valence-electron chi connectivity index (χ3n) is 5.36. The van der Waals surface area contributed by atoms with Gasteiger partial charge in [-0.05, 0) is 65.3 Å². The fraction of sp³-hybridized carbons (Fsp3) is 0.760. The molecular weight excluding hydrogens is 512 g/mol. The Morgan fingerprint density at radius 2 is 1.24 bits per heavy atom. The minimum Gasteiger partial charge on any atom is -0.374 e. The third kappa shape index (κ3) is 16.2. The quantitative estimate of drug-likeness (QED) is 0.0940. The van der Waals surface area contributed by atoms with Gasteiger partial charge in [0.15, 0.2) is 8.80 Å². The molecule has 0 amide bonds. The van der Waals surface area contributed by atoms with Crippen LogP contribution in [0, 0.1) is 0 Å². The lowest BCUT2D eigenvalue weighted by Crippen LogP contribution is -2.47. The van der Waals surface area contributed by atoms with Crippen LogP contribution >= 0.6 is 0 Å². The maximum atomic E-state index is 11.5. The van der Waals surface area contributed by atoms with Gasteiger partial charge in [0.1, 0.15) is 17.8 Å². The second-order valence-corrected chi connectivity index (χ2v) is 13.2. The number of hydrogen-bond acceptors (Lipinski definition) is 10. The fourth-order valence-electron chi connectivity index (χ4n) is 3.77. The standard InChI is InChI=1S/C25H46N2O8Si2/c1-6-31-23-26(14-11-13-25(21-30)36(18-16-28)19-17-29)22-27(24-32-7-2)15-12-20-37(33-8-3,34-9-4)35-10-5/h18-19,36H,6-15,20,22-24H2,1-5H3. The Morgan fingerprint density at radius 3 is 1.65 bits per heavy atom. The Kier molecular flexibility index (Phi) is 22.7. The maximum absolute atomic E-state index is 11.5. The molecule has 0 bridgehead atoms. The SMILES string of the molecule is CCOCN(CCCC(=C=O)[SiH](C=C=O)C=C=O)CN(CCC[Si](OCC)(OCC)OCC)COCC. The van der Waals surface area contributed by atoms with Crippen molar-refractivity contribution in [2.75, 3.05) is 66.3 Å². The Morgan fingerprint density at radius 1 is 0.757 bits per heavy atom. The van der Waals surface area contributed by atoms with Crippen LogP contribution < -0.4 is 0 Å². The summed E-state index contributed by atoms with van der Waals surface area (Å²) in [4.78, 5) is 37.4. The van der Waals surface area contributed by atoms with Gasteiger partial charge in [0, 0.05) is 57.4 Å². The first-order valence-electron chi connectivity index (χ1n) is 13.2. The summed E-state index contributed by atoms with van der Waals surface area (Å²) in [6.45, 7) is 15.5. The Labute approximate surface area is 225 Å². The van der Waals surface area contributed by atoms with E-state index < -0.39 is 17.6 Å². The van der Waals surface area contributed by atoms with Gasteiger partial charge in [0.25, 0.3) is 0 Å². The predicted octanol–water partition coefficient (Wildman–Crippen LogP) is 2.13. The maximum Gasteiger partial charge on any atom is 0.500 e. The first kappa shape index (κ1) is 35.5. The predicted molar refractivity (Wildman–Crippen MR) is 147 cm³/mol. The van der Waals surface area contributed by atoms with Gasteiger partial charge in [-0.2, -0.15) is 0 Å². The molecule has 0 aromatic rings. The monoisotopic (exact) mass is 558 g/mol. The van der Waals surface area contributed by atoms with Crippen molar-refractivity contribution < 1.29 is 37.1 Å². The molecular formula is C25H46N2O8Si2. The summed E-state index contributed by atoms with van der Waals surface area (Å²) in [5.74, 6) is 5.32. The molecule has 0 aliphatic heterocycles. The van der Waals surface area contributed by atoms with Crippen molar-refractivity contribution in [1.29, 1.82) is 0 Å². The van der Waals surface area contributed by atoms with Gasteiger partial charge in [0.2, 0.25) is 0 Å². The number of allylic oxidation sites excluding steroid dienone is 1. The first-order chi connectivity index (χ1) is 18.0. The van der Waals surface area contributed by atoms with Crippen molar-refractivity contribution >= 4 is 35.4 Å². The van der Waals surface area contributed by atoms with Gasteiger partial charge in [-0.15, -0.1) is 0 Å². The first-order valence-corrected chi connectivity index (χ1v) is 17.0. The average Bonchev–Trinajstić information content (AvgIpc) is 2.88. The van der Waals surface area contributed by atoms with Crippen LogP contribution in [-0.2, 0) is 37.1 Å². The molecule has 0 aromatic heterocycles. The van der Waals surface area contributed by atoms with E-state index >= 15 is 0 Å². The Balaban J connectivity index is 5.25. The molecule has 0 N–H and O–H groups in total. The molecule has 0 unspecified atom stereocenters. The molecule has 0 aliphatic rings. The smallest absolute Gasteiger partial charge is 0.374 e. The largest absolute Gasteiger partial charge is 0.500 e. The van der Waals surface area contributed by atoms with E-state index in [1.54, 1.807) is 11.9 Å². The van der Waals surface area contributed by atoms with Crippen LogP contribution in [0.3, 0.4) is 0 Å². The van der Waals surface area contributed by atoms with Gasteiger partial charge >= 0.3 is 8.80 Å². The summed E-state index contributed by atoms with van der Waals surface area (Å²) in [6.07, 6.45) is 1.91. The summed E-state index contributed by atoms with van der Waals surface area (Å²) < 4.78 is 29.3. The van der Waals surface area contributed by atoms with Crippen molar-refractivity contribution in [3.63, 3.8) is 0 Å². The van der Waals surface area contributed by atoms with E-state index in [0.29, 0.717) is 83.8 Å². The van der Waals surface area contributed by atoms with Crippen molar-refractivity contribution in [2.24, 2.45) is 0 Å². The number of ether oxygens (including phenoxy) is 2. The highest BCUT2D eigenvalue weighted by atomic mass is 28.4. The zero-order valence-corrected chi connectivity index (χ0v) is 25.4. The van der Waals surface area contributed by atoms with Crippen LogP contribution in [0.1, 0.15) is 53.9 Å². The minimum atomic E-state index is -2.72. The highest BCUT2D eigenvalue weighted by Gasteiger charge is 2.39. The van der Waals surface area contributed by atoms with Crippen LogP contribution in [0.15, 0.2) is 16.6 Å². The molecule has 10 nitrogen and oxygen atoms in total. The van der Waals surface area contributed by atoms with Gasteiger partial charge in [-0.25, -0.2) is 14.4 Å². The zero-order valence-electron chi connectivity index (χ0n) is 23.3. The number of rotatable bonds is 25. The number of nitrogens with zero attached hydrogens (tertiary/aromatic N) is 2. The summed E-state index contributed by atoms with van der Waals surface area (Å²) in [7, 11) is -4.96. The summed E-state index contributed by atoms with van der Waals surface area (Å²) in [6, 6.07) is 0.713. The lowest BCUT2D eigenvalue weighted by molar-refractivity contribution is -0.0370. The molecule has 37 heavy (non-hydrogen) atoms. The molecule has 0 spiro atoms. The summed E-state index contributed by atoms with van der Waals surface area (Å²) >= 11 is 0. The van der Waals surface area contributed by atoms with Crippen LogP contribution in [0.25, 0.3) is 0 Å². The molecule has 0 fully saturated rings. The van der Waals surface area contributed by atoms with Crippen molar-refractivity contribution in [3.8, 4) is 0 Å². The molecule has 0 rings (SSSR count). The van der Waals surface area contributed by atoms with Crippen LogP contribution in [0.5, 0.6) is 0 Å². The highest BCUT2D eigenvalue weighted by Crippen LogP contribution is 2.19. The topological polar surface area (TPSA) is 104 Å². The van der Waals surface area contributed by atoms with Crippen LogP contribution in [-0.4, -0.2) is 111 Å². The van der Waals surface area contributed by atoms with Crippen molar-refractivity contribution in [1.82, 2.24) is 9.80 Å². The summed E-state index contributed by atoms with van der Waals surface area (Å²) in [5.41, 5.74) is 2.53. The highest BCUT2D eigenvalue weighted by molar-refractivity contribution is 6.79. The third-order valence-corrected chi connectivity index (χ3v) is 10.7. The minimum absolute atomic E-state index is 0.429. The van der Waals surface area contributed by atoms with E-state index in [9.17, 15) is 14.4 Å². The molecule has 0 saturated heterocycles. The molecule has 0 heterocycles. The Hall–Kier alpha value is -1.50. The number of hydrogen-bond donors (Lipinski definition) is 0. The van der Waals surface area contributed by atoms with Crippen LogP contribution in [0.2, 0.25) is 6.04 Å². The van der Waals surface area contributed by atoms with Gasteiger partial charge in [-0.1, -0.05) is 0 Å². The van der Waals surface area contributed by atoms with E-state index in [0.717, 1.165) is 13.0 Å². The normalized spacial score (nSPS) is 12.2. The number of carbonyl (C=O) groups excluding carboxylic acids is 3.